The molecule has 0 saturated heterocycles. The van der Waals surface area contributed by atoms with Gasteiger partial charge in [0.05, 0.1) is 21.9 Å². The molecule has 0 aliphatic carbocycles. The van der Waals surface area contributed by atoms with Crippen molar-refractivity contribution in [1.29, 1.82) is 0 Å². The van der Waals surface area contributed by atoms with Crippen LogP contribution in [0.5, 0.6) is 0 Å². The predicted octanol–water partition coefficient (Wildman–Crippen LogP) is 5.46. The molecular formula is C12H9Cl3N2S. The van der Waals surface area contributed by atoms with E-state index < -0.39 is 0 Å². The van der Waals surface area contributed by atoms with Crippen molar-refractivity contribution in [2.45, 2.75) is 6.92 Å². The summed E-state index contributed by atoms with van der Waals surface area (Å²) >= 11 is 19.5. The first-order chi connectivity index (χ1) is 8.56. The SMILES string of the molecule is Cc1ccc(C=NNc2c(Cl)cc(Cl)cc2Cl)s1. The minimum absolute atomic E-state index is 0.437. The summed E-state index contributed by atoms with van der Waals surface area (Å²) < 4.78 is 0. The molecule has 2 nitrogen and oxygen atoms in total. The van der Waals surface area contributed by atoms with E-state index in [1.165, 1.54) is 4.88 Å². The molecule has 0 radical (unpaired) electrons. The van der Waals surface area contributed by atoms with Crippen LogP contribution in [0, 0.1) is 6.92 Å². The van der Waals surface area contributed by atoms with Crippen molar-refractivity contribution >= 4 is 58.0 Å². The standard InChI is InChI=1S/C12H9Cl3N2S/c1-7-2-3-9(18-7)6-16-17-12-10(14)4-8(13)5-11(12)15/h2-6,17H,1H3. The van der Waals surface area contributed by atoms with E-state index in [-0.39, 0.29) is 0 Å². The van der Waals surface area contributed by atoms with E-state index >= 15 is 0 Å². The van der Waals surface area contributed by atoms with Crippen LogP contribution in [0.15, 0.2) is 29.4 Å². The minimum atomic E-state index is 0.437. The zero-order valence-electron chi connectivity index (χ0n) is 9.38. The number of anilines is 1. The maximum absolute atomic E-state index is 6.02. The number of aryl methyl sites for hydroxylation is 1. The van der Waals surface area contributed by atoms with Gasteiger partial charge in [0.2, 0.25) is 0 Å². The first-order valence-electron chi connectivity index (χ1n) is 5.06. The zero-order chi connectivity index (χ0) is 13.1. The molecule has 0 spiro atoms. The van der Waals surface area contributed by atoms with Gasteiger partial charge < -0.3 is 0 Å². The van der Waals surface area contributed by atoms with Crippen molar-refractivity contribution in [1.82, 2.24) is 0 Å². The molecule has 0 aliphatic rings. The van der Waals surface area contributed by atoms with Gasteiger partial charge in [-0.2, -0.15) is 5.10 Å². The van der Waals surface area contributed by atoms with E-state index in [2.05, 4.69) is 10.5 Å². The van der Waals surface area contributed by atoms with Crippen LogP contribution in [0.25, 0.3) is 0 Å². The third-order valence-corrected chi connectivity index (χ3v) is 3.89. The number of benzene rings is 1. The molecule has 0 aliphatic heterocycles. The molecule has 1 N–H and O–H groups in total. The first kappa shape index (κ1) is 13.7. The van der Waals surface area contributed by atoms with Crippen LogP contribution in [-0.2, 0) is 0 Å². The van der Waals surface area contributed by atoms with E-state index in [1.807, 2.05) is 19.1 Å². The maximum atomic E-state index is 6.02. The summed E-state index contributed by atoms with van der Waals surface area (Å²) in [5.41, 5.74) is 3.37. The van der Waals surface area contributed by atoms with Gasteiger partial charge in [0, 0.05) is 14.8 Å². The highest BCUT2D eigenvalue weighted by molar-refractivity contribution is 7.13. The summed E-state index contributed by atoms with van der Waals surface area (Å²) in [6.45, 7) is 2.04. The van der Waals surface area contributed by atoms with E-state index in [4.69, 9.17) is 34.8 Å². The fraction of sp³-hybridized carbons (Fsp3) is 0.0833. The molecule has 94 valence electrons. The van der Waals surface area contributed by atoms with E-state index in [0.29, 0.717) is 20.8 Å². The molecule has 0 atom stereocenters. The van der Waals surface area contributed by atoms with Gasteiger partial charge in [-0.1, -0.05) is 34.8 Å². The van der Waals surface area contributed by atoms with Crippen LogP contribution in [0.2, 0.25) is 15.1 Å². The van der Waals surface area contributed by atoms with Gasteiger partial charge in [-0.25, -0.2) is 0 Å². The summed E-state index contributed by atoms with van der Waals surface area (Å²) in [6.07, 6.45) is 1.72. The van der Waals surface area contributed by atoms with Crippen molar-refractivity contribution in [3.63, 3.8) is 0 Å². The van der Waals surface area contributed by atoms with E-state index in [1.54, 1.807) is 29.7 Å². The number of hydrazone groups is 1. The molecule has 0 amide bonds. The van der Waals surface area contributed by atoms with Crippen molar-refractivity contribution in [2.75, 3.05) is 5.43 Å². The second-order valence-corrected chi connectivity index (χ2v) is 6.13. The molecular weight excluding hydrogens is 311 g/mol. The fourth-order valence-corrected chi connectivity index (χ4v) is 2.98. The number of nitrogens with one attached hydrogen (secondary N) is 1. The lowest BCUT2D eigenvalue weighted by Crippen LogP contribution is -1.91. The lowest BCUT2D eigenvalue weighted by Gasteiger charge is -2.06. The Morgan fingerprint density at radius 2 is 1.83 bits per heavy atom. The lowest BCUT2D eigenvalue weighted by atomic mass is 10.3. The number of hydrogen-bond acceptors (Lipinski definition) is 3. The molecule has 18 heavy (non-hydrogen) atoms. The molecule has 0 saturated carbocycles. The van der Waals surface area contributed by atoms with Crippen LogP contribution in [0.1, 0.15) is 9.75 Å². The molecule has 0 bridgehead atoms. The van der Waals surface area contributed by atoms with Gasteiger partial charge in [-0.05, 0) is 31.2 Å². The predicted molar refractivity (Wildman–Crippen MR) is 81.7 cm³/mol. The summed E-state index contributed by atoms with van der Waals surface area (Å²) in [6, 6.07) is 7.26. The van der Waals surface area contributed by atoms with Gasteiger partial charge in [-0.3, -0.25) is 5.43 Å². The summed E-state index contributed by atoms with van der Waals surface area (Å²) in [4.78, 5) is 2.29. The maximum Gasteiger partial charge on any atom is 0.0935 e. The van der Waals surface area contributed by atoms with Crippen LogP contribution in [0.3, 0.4) is 0 Å². The van der Waals surface area contributed by atoms with Gasteiger partial charge in [0.25, 0.3) is 0 Å². The van der Waals surface area contributed by atoms with Crippen molar-refractivity contribution in [3.05, 3.63) is 49.1 Å². The molecule has 2 rings (SSSR count). The Labute approximate surface area is 124 Å². The average molecular weight is 320 g/mol. The Kier molecular flexibility index (Phi) is 4.51. The average Bonchev–Trinajstić information content (AvgIpc) is 2.68. The fourth-order valence-electron chi connectivity index (χ4n) is 1.33. The van der Waals surface area contributed by atoms with E-state index in [0.717, 1.165) is 4.88 Å². The Hall–Kier alpha value is -0.740. The second kappa shape index (κ2) is 5.93. The van der Waals surface area contributed by atoms with Crippen LogP contribution < -0.4 is 5.43 Å². The highest BCUT2D eigenvalue weighted by Crippen LogP contribution is 2.33. The monoisotopic (exact) mass is 318 g/mol. The number of nitrogens with zero attached hydrogens (tertiary/aromatic N) is 1. The first-order valence-corrected chi connectivity index (χ1v) is 7.01. The van der Waals surface area contributed by atoms with Crippen molar-refractivity contribution < 1.29 is 0 Å². The Morgan fingerprint density at radius 1 is 1.17 bits per heavy atom. The second-order valence-electron chi connectivity index (χ2n) is 3.56. The summed E-state index contributed by atoms with van der Waals surface area (Å²) in [5.74, 6) is 0. The van der Waals surface area contributed by atoms with E-state index in [9.17, 15) is 0 Å². The number of halogens is 3. The van der Waals surface area contributed by atoms with Gasteiger partial charge in [0.1, 0.15) is 0 Å². The molecule has 1 heterocycles. The van der Waals surface area contributed by atoms with Gasteiger partial charge in [-0.15, -0.1) is 11.3 Å². The van der Waals surface area contributed by atoms with Crippen LogP contribution >= 0.6 is 46.1 Å². The molecule has 0 unspecified atom stereocenters. The topological polar surface area (TPSA) is 24.4 Å². The number of hydrogen-bond donors (Lipinski definition) is 1. The van der Waals surface area contributed by atoms with Gasteiger partial charge >= 0.3 is 0 Å². The third-order valence-electron chi connectivity index (χ3n) is 2.14. The zero-order valence-corrected chi connectivity index (χ0v) is 12.5. The summed E-state index contributed by atoms with van der Waals surface area (Å²) in [7, 11) is 0. The highest BCUT2D eigenvalue weighted by atomic mass is 35.5. The largest absolute Gasteiger partial charge is 0.275 e. The summed E-state index contributed by atoms with van der Waals surface area (Å²) in [5, 5.41) is 5.47. The Bertz CT molecular complexity index is 570. The number of thiophene rings is 1. The van der Waals surface area contributed by atoms with Crippen molar-refractivity contribution in [2.24, 2.45) is 5.10 Å². The lowest BCUT2D eigenvalue weighted by molar-refractivity contribution is 1.35. The molecule has 2 aromatic rings. The van der Waals surface area contributed by atoms with Gasteiger partial charge in [0.15, 0.2) is 0 Å². The molecule has 1 aromatic carbocycles. The van der Waals surface area contributed by atoms with Crippen LogP contribution in [0.4, 0.5) is 5.69 Å². The molecule has 6 heteroatoms. The quantitative estimate of drug-likeness (QED) is 0.589. The van der Waals surface area contributed by atoms with Crippen LogP contribution in [-0.4, -0.2) is 6.21 Å². The Morgan fingerprint density at radius 3 is 2.39 bits per heavy atom. The smallest absolute Gasteiger partial charge is 0.0935 e. The number of rotatable bonds is 3. The normalized spacial score (nSPS) is 11.1. The highest BCUT2D eigenvalue weighted by Gasteiger charge is 2.06. The van der Waals surface area contributed by atoms with Crippen molar-refractivity contribution in [3.8, 4) is 0 Å². The minimum Gasteiger partial charge on any atom is -0.275 e. The third kappa shape index (κ3) is 3.39. The molecule has 0 fully saturated rings. The molecule has 1 aromatic heterocycles. The Balaban J connectivity index is 2.13.